The second kappa shape index (κ2) is 7.15. The Morgan fingerprint density at radius 3 is 2.39 bits per heavy atom. The number of benzene rings is 3. The average Bonchev–Trinajstić information content (AvgIpc) is 2.72. The Hall–Kier alpha value is -3.67. The molecule has 2 N–H and O–H groups in total. The van der Waals surface area contributed by atoms with Crippen molar-refractivity contribution in [1.29, 1.82) is 0 Å². The number of anilines is 1. The molecule has 0 aliphatic rings. The predicted molar refractivity (Wildman–Crippen MR) is 106 cm³/mol. The lowest BCUT2D eigenvalue weighted by Gasteiger charge is -2.10. The van der Waals surface area contributed by atoms with Crippen LogP contribution in [-0.2, 0) is 11.3 Å². The highest BCUT2D eigenvalue weighted by Crippen LogP contribution is 2.31. The van der Waals surface area contributed by atoms with Crippen molar-refractivity contribution in [3.05, 3.63) is 77.6 Å². The largest absolute Gasteiger partial charge is 0.497 e. The lowest BCUT2D eigenvalue weighted by Crippen LogP contribution is -2.05. The van der Waals surface area contributed by atoms with E-state index in [4.69, 9.17) is 15.2 Å². The number of nitrogens with zero attached hydrogens (tertiary/aromatic N) is 1. The highest BCUT2D eigenvalue weighted by molar-refractivity contribution is 6.06. The van der Waals surface area contributed by atoms with E-state index in [1.54, 1.807) is 7.11 Å². The molecule has 1 heterocycles. The number of pyridine rings is 1. The van der Waals surface area contributed by atoms with E-state index in [1.807, 2.05) is 36.4 Å². The van der Waals surface area contributed by atoms with Crippen LogP contribution >= 0.6 is 0 Å². The zero-order valence-electron chi connectivity index (χ0n) is 15.1. The van der Waals surface area contributed by atoms with Gasteiger partial charge in [-0.1, -0.05) is 6.07 Å². The number of rotatable bonds is 4. The van der Waals surface area contributed by atoms with Gasteiger partial charge >= 0.3 is 5.97 Å². The number of nitrogen functional groups attached to an aromatic ring is 1. The zero-order valence-corrected chi connectivity index (χ0v) is 15.1. The quantitative estimate of drug-likeness (QED) is 0.420. The Bertz CT molecular complexity index is 1190. The number of hydrogen-bond acceptors (Lipinski definition) is 5. The Morgan fingerprint density at radius 2 is 1.68 bits per heavy atom. The predicted octanol–water partition coefficient (Wildman–Crippen LogP) is 4.47. The number of methoxy groups -OCH3 is 1. The molecule has 0 aliphatic heterocycles. The van der Waals surface area contributed by atoms with E-state index in [2.05, 4.69) is 4.98 Å². The summed E-state index contributed by atoms with van der Waals surface area (Å²) < 4.78 is 23.6. The summed E-state index contributed by atoms with van der Waals surface area (Å²) >= 11 is 0. The molecule has 140 valence electrons. The number of carbonyl (C=O) groups excluding carboxylic acids is 1. The second-order valence-corrected chi connectivity index (χ2v) is 6.34. The maximum Gasteiger partial charge on any atom is 0.338 e. The van der Waals surface area contributed by atoms with Crippen LogP contribution in [0.3, 0.4) is 0 Å². The lowest BCUT2D eigenvalue weighted by atomic mass is 10.1. The van der Waals surface area contributed by atoms with Crippen LogP contribution in [0.2, 0.25) is 0 Å². The van der Waals surface area contributed by atoms with Crippen LogP contribution in [0.4, 0.5) is 10.1 Å². The third kappa shape index (κ3) is 3.32. The number of fused-ring (bicyclic) bond motifs is 2. The summed E-state index contributed by atoms with van der Waals surface area (Å²) in [6.45, 7) is 0.0712. The molecule has 4 rings (SSSR count). The van der Waals surface area contributed by atoms with Crippen molar-refractivity contribution in [3.8, 4) is 5.75 Å². The van der Waals surface area contributed by atoms with E-state index in [-0.39, 0.29) is 6.61 Å². The Morgan fingerprint density at radius 1 is 1.00 bits per heavy atom. The van der Waals surface area contributed by atoms with Gasteiger partial charge in [0.25, 0.3) is 0 Å². The number of halogens is 1. The molecule has 28 heavy (non-hydrogen) atoms. The molecule has 0 atom stereocenters. The molecule has 5 nitrogen and oxygen atoms in total. The lowest BCUT2D eigenvalue weighted by molar-refractivity contribution is 0.0473. The maximum absolute atomic E-state index is 13.0. The Balaban J connectivity index is 1.63. The van der Waals surface area contributed by atoms with Crippen molar-refractivity contribution in [2.24, 2.45) is 0 Å². The van der Waals surface area contributed by atoms with E-state index >= 15 is 0 Å². The molecule has 6 heteroatoms. The fourth-order valence-corrected chi connectivity index (χ4v) is 3.03. The summed E-state index contributed by atoms with van der Waals surface area (Å²) in [5, 5.41) is 1.57. The highest BCUT2D eigenvalue weighted by atomic mass is 19.1. The van der Waals surface area contributed by atoms with Gasteiger partial charge in [0.15, 0.2) is 0 Å². The number of aromatic nitrogens is 1. The van der Waals surface area contributed by atoms with Crippen molar-refractivity contribution in [2.75, 3.05) is 12.8 Å². The summed E-state index contributed by atoms with van der Waals surface area (Å²) in [7, 11) is 1.60. The molecule has 0 aliphatic carbocycles. The van der Waals surface area contributed by atoms with Gasteiger partial charge in [0.1, 0.15) is 18.2 Å². The van der Waals surface area contributed by atoms with Crippen LogP contribution in [0.15, 0.2) is 60.7 Å². The van der Waals surface area contributed by atoms with Crippen molar-refractivity contribution >= 4 is 33.5 Å². The molecule has 0 fully saturated rings. The first kappa shape index (κ1) is 17.7. The molecule has 0 saturated carbocycles. The molecule has 0 spiro atoms. The van der Waals surface area contributed by atoms with Crippen LogP contribution < -0.4 is 10.5 Å². The summed E-state index contributed by atoms with van der Waals surface area (Å²) in [6.07, 6.45) is 0. The number of esters is 1. The normalized spacial score (nSPS) is 10.9. The van der Waals surface area contributed by atoms with E-state index in [1.165, 1.54) is 24.3 Å². The van der Waals surface area contributed by atoms with E-state index in [0.29, 0.717) is 17.0 Å². The monoisotopic (exact) mass is 376 g/mol. The van der Waals surface area contributed by atoms with Gasteiger partial charge in [-0.05, 0) is 60.2 Å². The van der Waals surface area contributed by atoms with Gasteiger partial charge in [-0.25, -0.2) is 14.2 Å². The van der Waals surface area contributed by atoms with Crippen LogP contribution in [0, 0.1) is 5.82 Å². The third-order valence-electron chi connectivity index (χ3n) is 4.54. The van der Waals surface area contributed by atoms with Crippen molar-refractivity contribution in [1.82, 2.24) is 4.98 Å². The van der Waals surface area contributed by atoms with Crippen molar-refractivity contribution in [3.63, 3.8) is 0 Å². The number of nitrogens with two attached hydrogens (primary N) is 1. The fourth-order valence-electron chi connectivity index (χ4n) is 3.03. The van der Waals surface area contributed by atoms with Crippen LogP contribution in [0.25, 0.3) is 21.8 Å². The fraction of sp³-hybridized carbons (Fsp3) is 0.0909. The summed E-state index contributed by atoms with van der Waals surface area (Å²) in [5.74, 6) is -0.225. The SMILES string of the molecule is COc1ccc2nc3ccc(COC(=O)c4ccc(F)cc4)cc3c(N)c2c1. The van der Waals surface area contributed by atoms with Crippen LogP contribution in [-0.4, -0.2) is 18.1 Å². The Kier molecular flexibility index (Phi) is 4.53. The summed E-state index contributed by atoms with van der Waals surface area (Å²) in [6, 6.07) is 16.3. The summed E-state index contributed by atoms with van der Waals surface area (Å²) in [5.41, 5.74) is 9.56. The van der Waals surface area contributed by atoms with Crippen molar-refractivity contribution in [2.45, 2.75) is 6.61 Å². The number of ether oxygens (including phenoxy) is 2. The minimum absolute atomic E-state index is 0.0712. The van der Waals surface area contributed by atoms with Crippen molar-refractivity contribution < 1.29 is 18.7 Å². The maximum atomic E-state index is 13.0. The van der Waals surface area contributed by atoms with E-state index in [9.17, 15) is 9.18 Å². The molecular formula is C22H17FN2O3. The van der Waals surface area contributed by atoms with Gasteiger partial charge in [-0.2, -0.15) is 0 Å². The minimum atomic E-state index is -0.519. The van der Waals surface area contributed by atoms with Gasteiger partial charge in [0, 0.05) is 10.8 Å². The van der Waals surface area contributed by atoms with Gasteiger partial charge in [-0.3, -0.25) is 0 Å². The topological polar surface area (TPSA) is 74.4 Å². The molecule has 0 radical (unpaired) electrons. The first-order valence-electron chi connectivity index (χ1n) is 8.64. The molecule has 0 saturated heterocycles. The minimum Gasteiger partial charge on any atom is -0.497 e. The summed E-state index contributed by atoms with van der Waals surface area (Å²) in [4.78, 5) is 16.7. The first-order chi connectivity index (χ1) is 13.5. The molecule has 0 unspecified atom stereocenters. The van der Waals surface area contributed by atoms with Gasteiger partial charge in [0.05, 0.1) is 29.4 Å². The molecule has 0 bridgehead atoms. The van der Waals surface area contributed by atoms with Gasteiger partial charge < -0.3 is 15.2 Å². The molecule has 4 aromatic rings. The first-order valence-corrected chi connectivity index (χ1v) is 8.64. The van der Waals surface area contributed by atoms with E-state index < -0.39 is 11.8 Å². The van der Waals surface area contributed by atoms with Crippen LogP contribution in [0.5, 0.6) is 5.75 Å². The molecule has 0 amide bonds. The average molecular weight is 376 g/mol. The Labute approximate surface area is 160 Å². The highest BCUT2D eigenvalue weighted by Gasteiger charge is 2.11. The van der Waals surface area contributed by atoms with Crippen LogP contribution in [0.1, 0.15) is 15.9 Å². The van der Waals surface area contributed by atoms with E-state index in [0.717, 1.165) is 27.4 Å². The number of hydrogen-bond donors (Lipinski definition) is 1. The number of carbonyl (C=O) groups is 1. The molecule has 3 aromatic carbocycles. The van der Waals surface area contributed by atoms with Gasteiger partial charge in [-0.15, -0.1) is 0 Å². The van der Waals surface area contributed by atoms with Gasteiger partial charge in [0.2, 0.25) is 0 Å². The smallest absolute Gasteiger partial charge is 0.338 e. The molecular weight excluding hydrogens is 359 g/mol. The third-order valence-corrected chi connectivity index (χ3v) is 4.54. The zero-order chi connectivity index (χ0) is 19.7. The molecule has 1 aromatic heterocycles. The standard InChI is InChI=1S/C22H17FN2O3/c1-27-16-7-9-20-18(11-16)21(24)17-10-13(2-8-19(17)25-20)12-28-22(26)14-3-5-15(23)6-4-14/h2-11H,12H2,1H3,(H2,24,25). The second-order valence-electron chi connectivity index (χ2n) is 6.34.